The number of nitrogen functional groups attached to an aromatic ring is 1. The molecule has 19 heavy (non-hydrogen) atoms. The topological polar surface area (TPSA) is 43.8 Å². The van der Waals surface area contributed by atoms with Crippen LogP contribution in [0.1, 0.15) is 39.5 Å². The van der Waals surface area contributed by atoms with Crippen molar-refractivity contribution in [2.45, 2.75) is 46.1 Å². The van der Waals surface area contributed by atoms with Crippen LogP contribution in [-0.4, -0.2) is 9.55 Å². The first-order chi connectivity index (χ1) is 9.15. The highest BCUT2D eigenvalue weighted by Crippen LogP contribution is 2.25. The molecule has 1 atom stereocenters. The number of aromatic nitrogens is 2. The van der Waals surface area contributed by atoms with Gasteiger partial charge in [0.1, 0.15) is 0 Å². The number of halogens is 1. The maximum Gasteiger partial charge on any atom is 0.201 e. The highest BCUT2D eigenvalue weighted by molar-refractivity contribution is 9.10. The first kappa shape index (κ1) is 14.4. The molecule has 0 fully saturated rings. The van der Waals surface area contributed by atoms with Crippen LogP contribution in [0, 0.1) is 5.92 Å². The lowest BCUT2D eigenvalue weighted by molar-refractivity contribution is 0.398. The van der Waals surface area contributed by atoms with Crippen LogP contribution in [0.25, 0.3) is 11.0 Å². The molecule has 0 saturated carbocycles. The van der Waals surface area contributed by atoms with Gasteiger partial charge in [-0.1, -0.05) is 49.0 Å². The van der Waals surface area contributed by atoms with Gasteiger partial charge in [-0.15, -0.1) is 0 Å². The predicted octanol–water partition coefficient (Wildman–Crippen LogP) is 4.60. The molecule has 0 amide bonds. The largest absolute Gasteiger partial charge is 0.369 e. The van der Waals surface area contributed by atoms with Crippen molar-refractivity contribution in [3.05, 3.63) is 22.7 Å². The molecule has 3 nitrogen and oxygen atoms in total. The second kappa shape index (κ2) is 6.42. The summed E-state index contributed by atoms with van der Waals surface area (Å²) in [5, 5.41) is 0. The zero-order valence-corrected chi connectivity index (χ0v) is 13.3. The molecule has 2 N–H and O–H groups in total. The van der Waals surface area contributed by atoms with Gasteiger partial charge in [-0.3, -0.25) is 0 Å². The van der Waals surface area contributed by atoms with Gasteiger partial charge in [0.15, 0.2) is 0 Å². The molecule has 2 rings (SSSR count). The van der Waals surface area contributed by atoms with E-state index in [1.165, 1.54) is 25.7 Å². The van der Waals surface area contributed by atoms with Gasteiger partial charge in [0.25, 0.3) is 0 Å². The fraction of sp³-hybridized carbons (Fsp3) is 0.533. The summed E-state index contributed by atoms with van der Waals surface area (Å²) in [6.45, 7) is 5.47. The maximum absolute atomic E-state index is 6.07. The van der Waals surface area contributed by atoms with Crippen molar-refractivity contribution in [2.75, 3.05) is 5.73 Å². The Labute approximate surface area is 123 Å². The van der Waals surface area contributed by atoms with Gasteiger partial charge in [-0.25, -0.2) is 4.98 Å². The van der Waals surface area contributed by atoms with E-state index in [1.807, 2.05) is 12.1 Å². The van der Waals surface area contributed by atoms with E-state index in [1.54, 1.807) is 0 Å². The van der Waals surface area contributed by atoms with Crippen molar-refractivity contribution in [1.82, 2.24) is 9.55 Å². The predicted molar refractivity (Wildman–Crippen MR) is 85.2 cm³/mol. The lowest BCUT2D eigenvalue weighted by Gasteiger charge is -2.16. The second-order valence-corrected chi connectivity index (χ2v) is 6.05. The van der Waals surface area contributed by atoms with Crippen LogP contribution in [0.5, 0.6) is 0 Å². The number of benzene rings is 1. The van der Waals surface area contributed by atoms with Gasteiger partial charge < -0.3 is 10.3 Å². The third kappa shape index (κ3) is 3.30. The number of fused-ring (bicyclic) bond motifs is 1. The minimum absolute atomic E-state index is 0.628. The number of hydrogen-bond acceptors (Lipinski definition) is 2. The number of unbranched alkanes of at least 4 members (excludes halogenated alkanes) is 1. The molecule has 0 spiro atoms. The van der Waals surface area contributed by atoms with Crippen LogP contribution in [0.3, 0.4) is 0 Å². The number of rotatable bonds is 6. The van der Waals surface area contributed by atoms with Gasteiger partial charge in [0.05, 0.1) is 11.0 Å². The first-order valence-electron chi connectivity index (χ1n) is 7.07. The Morgan fingerprint density at radius 1 is 1.37 bits per heavy atom. The fourth-order valence-electron chi connectivity index (χ4n) is 2.49. The third-order valence-corrected chi connectivity index (χ3v) is 4.22. The maximum atomic E-state index is 6.07. The average molecular weight is 324 g/mol. The van der Waals surface area contributed by atoms with E-state index < -0.39 is 0 Å². The Bertz CT molecular complexity index is 548. The van der Waals surface area contributed by atoms with Crippen molar-refractivity contribution >= 4 is 32.9 Å². The van der Waals surface area contributed by atoms with Crippen LogP contribution in [0.2, 0.25) is 0 Å². The summed E-state index contributed by atoms with van der Waals surface area (Å²) in [4.78, 5) is 4.45. The minimum atomic E-state index is 0.628. The molecule has 0 aliphatic rings. The standard InChI is InChI=1S/C15H22BrN3/c1-3-5-6-11(4-2)10-19-14-8-7-12(16)9-13(14)18-15(19)17/h7-9,11H,3-6,10H2,1-2H3,(H2,17,18). The van der Waals surface area contributed by atoms with E-state index in [0.717, 1.165) is 22.1 Å². The van der Waals surface area contributed by atoms with Crippen molar-refractivity contribution in [2.24, 2.45) is 5.92 Å². The summed E-state index contributed by atoms with van der Waals surface area (Å²) in [7, 11) is 0. The normalized spacial score (nSPS) is 13.0. The highest BCUT2D eigenvalue weighted by atomic mass is 79.9. The van der Waals surface area contributed by atoms with E-state index >= 15 is 0 Å². The summed E-state index contributed by atoms with van der Waals surface area (Å²) in [6.07, 6.45) is 5.00. The SMILES string of the molecule is CCCCC(CC)Cn1c(N)nc2cc(Br)ccc21. The molecule has 0 aliphatic carbocycles. The van der Waals surface area contributed by atoms with Gasteiger partial charge in [0, 0.05) is 11.0 Å². The van der Waals surface area contributed by atoms with E-state index in [9.17, 15) is 0 Å². The molecule has 0 bridgehead atoms. The quantitative estimate of drug-likeness (QED) is 0.844. The fourth-order valence-corrected chi connectivity index (χ4v) is 2.84. The van der Waals surface area contributed by atoms with Crippen LogP contribution in [-0.2, 0) is 6.54 Å². The minimum Gasteiger partial charge on any atom is -0.369 e. The van der Waals surface area contributed by atoms with E-state index in [2.05, 4.69) is 45.4 Å². The molecule has 1 heterocycles. The van der Waals surface area contributed by atoms with Crippen LogP contribution in [0.15, 0.2) is 22.7 Å². The zero-order valence-electron chi connectivity index (χ0n) is 11.7. The smallest absolute Gasteiger partial charge is 0.201 e. The Morgan fingerprint density at radius 3 is 2.84 bits per heavy atom. The summed E-state index contributed by atoms with van der Waals surface area (Å²) in [5.41, 5.74) is 8.18. The molecule has 0 radical (unpaired) electrons. The van der Waals surface area contributed by atoms with Crippen molar-refractivity contribution in [1.29, 1.82) is 0 Å². The Balaban J connectivity index is 2.26. The first-order valence-corrected chi connectivity index (χ1v) is 7.86. The molecule has 1 aromatic heterocycles. The summed E-state index contributed by atoms with van der Waals surface area (Å²) < 4.78 is 3.20. The monoisotopic (exact) mass is 323 g/mol. The summed E-state index contributed by atoms with van der Waals surface area (Å²) in [5.74, 6) is 1.31. The third-order valence-electron chi connectivity index (χ3n) is 3.72. The molecule has 1 unspecified atom stereocenters. The van der Waals surface area contributed by atoms with Crippen LogP contribution in [0.4, 0.5) is 5.95 Å². The number of nitrogens with zero attached hydrogens (tertiary/aromatic N) is 2. The molecule has 2 aromatic rings. The summed E-state index contributed by atoms with van der Waals surface area (Å²) in [6, 6.07) is 6.16. The van der Waals surface area contributed by atoms with Gasteiger partial charge in [-0.2, -0.15) is 0 Å². The molecular formula is C15H22BrN3. The molecule has 104 valence electrons. The van der Waals surface area contributed by atoms with E-state index in [4.69, 9.17) is 5.73 Å². The summed E-state index contributed by atoms with van der Waals surface area (Å²) >= 11 is 3.47. The van der Waals surface area contributed by atoms with Gasteiger partial charge >= 0.3 is 0 Å². The van der Waals surface area contributed by atoms with E-state index in [-0.39, 0.29) is 0 Å². The lowest BCUT2D eigenvalue weighted by atomic mass is 9.99. The number of hydrogen-bond donors (Lipinski definition) is 1. The molecule has 0 saturated heterocycles. The highest BCUT2D eigenvalue weighted by Gasteiger charge is 2.13. The molecule has 1 aromatic carbocycles. The Kier molecular flexibility index (Phi) is 4.86. The van der Waals surface area contributed by atoms with E-state index in [0.29, 0.717) is 11.9 Å². The van der Waals surface area contributed by atoms with Crippen molar-refractivity contribution in [3.8, 4) is 0 Å². The Hall–Kier alpha value is -1.03. The van der Waals surface area contributed by atoms with Crippen molar-refractivity contribution in [3.63, 3.8) is 0 Å². The molecular weight excluding hydrogens is 302 g/mol. The van der Waals surface area contributed by atoms with Gasteiger partial charge in [-0.05, 0) is 30.5 Å². The Morgan fingerprint density at radius 2 is 2.16 bits per heavy atom. The van der Waals surface area contributed by atoms with Crippen LogP contribution >= 0.6 is 15.9 Å². The van der Waals surface area contributed by atoms with Crippen molar-refractivity contribution < 1.29 is 0 Å². The zero-order chi connectivity index (χ0) is 13.8. The number of nitrogens with two attached hydrogens (primary N) is 1. The lowest BCUT2D eigenvalue weighted by Crippen LogP contribution is -2.12. The van der Waals surface area contributed by atoms with Gasteiger partial charge in [0.2, 0.25) is 5.95 Å². The van der Waals surface area contributed by atoms with Crippen LogP contribution < -0.4 is 5.73 Å². The molecule has 4 heteroatoms. The molecule has 0 aliphatic heterocycles. The number of imidazole rings is 1. The second-order valence-electron chi connectivity index (χ2n) is 5.13. The number of anilines is 1. The average Bonchev–Trinajstić information content (AvgIpc) is 2.69.